The lowest BCUT2D eigenvalue weighted by Crippen LogP contribution is -2.40. The molecule has 0 aliphatic carbocycles. The summed E-state index contributed by atoms with van der Waals surface area (Å²) in [5, 5.41) is 0. The maximum atomic E-state index is 10.9. The van der Waals surface area contributed by atoms with E-state index in [9.17, 15) is 4.79 Å². The lowest BCUT2D eigenvalue weighted by atomic mass is 10.2. The van der Waals surface area contributed by atoms with Gasteiger partial charge in [-0.2, -0.15) is 0 Å². The van der Waals surface area contributed by atoms with Gasteiger partial charge in [0.05, 0.1) is 0 Å². The molecule has 0 saturated heterocycles. The van der Waals surface area contributed by atoms with Crippen LogP contribution in [0.3, 0.4) is 0 Å². The molecule has 0 aromatic heterocycles. The Bertz CT molecular complexity index is 111. The van der Waals surface area contributed by atoms with Gasteiger partial charge in [-0.1, -0.05) is 13.3 Å². The monoisotopic (exact) mass is 160 g/mol. The minimum Gasteiger partial charge on any atom is -0.369 e. The molecule has 1 unspecified atom stereocenters. The van der Waals surface area contributed by atoms with E-state index in [0.717, 1.165) is 12.8 Å². The number of hydrazine groups is 1. The summed E-state index contributed by atoms with van der Waals surface area (Å²) < 4.78 is 5.14. The fourth-order valence-corrected chi connectivity index (χ4v) is 0.846. The van der Waals surface area contributed by atoms with E-state index in [2.05, 4.69) is 5.43 Å². The van der Waals surface area contributed by atoms with Crippen molar-refractivity contribution >= 4 is 5.91 Å². The van der Waals surface area contributed by atoms with Crippen LogP contribution in [-0.4, -0.2) is 18.6 Å². The van der Waals surface area contributed by atoms with Gasteiger partial charge in [0.2, 0.25) is 0 Å². The second-order valence-electron chi connectivity index (χ2n) is 2.24. The first-order chi connectivity index (χ1) is 5.26. The third kappa shape index (κ3) is 3.95. The molecule has 0 saturated carbocycles. The maximum Gasteiger partial charge on any atom is 0.262 e. The van der Waals surface area contributed by atoms with Gasteiger partial charge >= 0.3 is 0 Å². The van der Waals surface area contributed by atoms with Crippen molar-refractivity contribution in [1.82, 2.24) is 5.43 Å². The van der Waals surface area contributed by atoms with Crippen molar-refractivity contribution in [2.45, 2.75) is 32.8 Å². The average Bonchev–Trinajstić information content (AvgIpc) is 2.03. The molecule has 66 valence electrons. The Morgan fingerprint density at radius 3 is 2.64 bits per heavy atom. The number of hydrogen-bond donors (Lipinski definition) is 2. The SMILES string of the molecule is CCCC(OCC)C(=O)NN. The van der Waals surface area contributed by atoms with Gasteiger partial charge < -0.3 is 4.74 Å². The van der Waals surface area contributed by atoms with Crippen LogP contribution < -0.4 is 11.3 Å². The highest BCUT2D eigenvalue weighted by Gasteiger charge is 2.15. The number of rotatable bonds is 5. The third-order valence-corrected chi connectivity index (χ3v) is 1.35. The third-order valence-electron chi connectivity index (χ3n) is 1.35. The minimum atomic E-state index is -0.380. The zero-order valence-electron chi connectivity index (χ0n) is 7.09. The number of nitrogens with one attached hydrogen (secondary N) is 1. The number of amides is 1. The summed E-state index contributed by atoms with van der Waals surface area (Å²) >= 11 is 0. The van der Waals surface area contributed by atoms with E-state index >= 15 is 0 Å². The molecule has 1 amide bonds. The van der Waals surface area contributed by atoms with Gasteiger partial charge in [-0.3, -0.25) is 10.2 Å². The zero-order chi connectivity index (χ0) is 8.69. The largest absolute Gasteiger partial charge is 0.369 e. The van der Waals surface area contributed by atoms with Crippen LogP contribution in [0.5, 0.6) is 0 Å². The maximum absolute atomic E-state index is 10.9. The van der Waals surface area contributed by atoms with E-state index in [1.54, 1.807) is 0 Å². The summed E-state index contributed by atoms with van der Waals surface area (Å²) in [5.74, 6) is 4.71. The molecular formula is C7H16N2O2. The standard InChI is InChI=1S/C7H16N2O2/c1-3-5-6(11-4-2)7(10)9-8/h6H,3-5,8H2,1-2H3,(H,9,10). The van der Waals surface area contributed by atoms with Crippen molar-refractivity contribution in [1.29, 1.82) is 0 Å². The Morgan fingerprint density at radius 1 is 1.64 bits per heavy atom. The first-order valence-electron chi connectivity index (χ1n) is 3.88. The first kappa shape index (κ1) is 10.4. The summed E-state index contributed by atoms with van der Waals surface area (Å²) in [4.78, 5) is 10.9. The van der Waals surface area contributed by atoms with Crippen LogP contribution in [0.25, 0.3) is 0 Å². The predicted octanol–water partition coefficient (Wildman–Crippen LogP) is 0.181. The molecule has 4 nitrogen and oxygen atoms in total. The number of nitrogens with two attached hydrogens (primary N) is 1. The normalized spacial score (nSPS) is 12.6. The van der Waals surface area contributed by atoms with Gasteiger partial charge in [0, 0.05) is 6.61 Å². The summed E-state index contributed by atoms with van der Waals surface area (Å²) in [7, 11) is 0. The molecule has 11 heavy (non-hydrogen) atoms. The van der Waals surface area contributed by atoms with Crippen LogP contribution in [-0.2, 0) is 9.53 Å². The Balaban J connectivity index is 3.76. The van der Waals surface area contributed by atoms with Crippen molar-refractivity contribution in [3.8, 4) is 0 Å². The molecule has 1 atom stereocenters. The van der Waals surface area contributed by atoms with Crippen molar-refractivity contribution < 1.29 is 9.53 Å². The summed E-state index contributed by atoms with van der Waals surface area (Å²) in [5.41, 5.74) is 2.07. The quantitative estimate of drug-likeness (QED) is 0.342. The molecule has 3 N–H and O–H groups in total. The number of hydrogen-bond acceptors (Lipinski definition) is 3. The predicted molar refractivity (Wildman–Crippen MR) is 42.7 cm³/mol. The summed E-state index contributed by atoms with van der Waals surface area (Å²) in [6.45, 7) is 4.39. The van der Waals surface area contributed by atoms with E-state index in [0.29, 0.717) is 6.61 Å². The summed E-state index contributed by atoms with van der Waals surface area (Å²) in [6, 6.07) is 0. The Kier molecular flexibility index (Phi) is 5.78. The van der Waals surface area contributed by atoms with Crippen LogP contribution in [0, 0.1) is 0 Å². The zero-order valence-corrected chi connectivity index (χ0v) is 7.09. The molecular weight excluding hydrogens is 144 g/mol. The molecule has 0 aromatic rings. The van der Waals surface area contributed by atoms with Crippen molar-refractivity contribution in [3.63, 3.8) is 0 Å². The van der Waals surface area contributed by atoms with E-state index < -0.39 is 0 Å². The summed E-state index contributed by atoms with van der Waals surface area (Å²) in [6.07, 6.45) is 1.25. The Morgan fingerprint density at radius 2 is 2.27 bits per heavy atom. The van der Waals surface area contributed by atoms with Gasteiger partial charge in [0.25, 0.3) is 5.91 Å². The molecule has 0 aliphatic heterocycles. The second-order valence-corrected chi connectivity index (χ2v) is 2.24. The molecule has 0 radical (unpaired) electrons. The highest BCUT2D eigenvalue weighted by Crippen LogP contribution is 2.01. The van der Waals surface area contributed by atoms with Gasteiger partial charge in [-0.15, -0.1) is 0 Å². The fourth-order valence-electron chi connectivity index (χ4n) is 0.846. The Labute approximate surface area is 67.1 Å². The van der Waals surface area contributed by atoms with Gasteiger partial charge in [0.15, 0.2) is 0 Å². The highest BCUT2D eigenvalue weighted by molar-refractivity contribution is 5.80. The lowest BCUT2D eigenvalue weighted by Gasteiger charge is -2.13. The molecule has 0 rings (SSSR count). The number of ether oxygens (including phenoxy) is 1. The molecule has 0 aliphatic rings. The lowest BCUT2D eigenvalue weighted by molar-refractivity contribution is -0.133. The van der Waals surface area contributed by atoms with Crippen LogP contribution in [0.1, 0.15) is 26.7 Å². The molecule has 0 heterocycles. The van der Waals surface area contributed by atoms with Crippen LogP contribution >= 0.6 is 0 Å². The van der Waals surface area contributed by atoms with E-state index in [-0.39, 0.29) is 12.0 Å². The van der Waals surface area contributed by atoms with Crippen molar-refractivity contribution in [3.05, 3.63) is 0 Å². The number of carbonyl (C=O) groups is 1. The van der Waals surface area contributed by atoms with Crippen molar-refractivity contribution in [2.75, 3.05) is 6.61 Å². The Hall–Kier alpha value is -0.610. The minimum absolute atomic E-state index is 0.242. The van der Waals surface area contributed by atoms with Gasteiger partial charge in [0.1, 0.15) is 6.10 Å². The molecule has 4 heteroatoms. The molecule has 0 aromatic carbocycles. The molecule has 0 spiro atoms. The number of carbonyl (C=O) groups excluding carboxylic acids is 1. The first-order valence-corrected chi connectivity index (χ1v) is 3.88. The van der Waals surface area contributed by atoms with E-state index in [1.165, 1.54) is 0 Å². The van der Waals surface area contributed by atoms with E-state index in [1.807, 2.05) is 13.8 Å². The topological polar surface area (TPSA) is 64.3 Å². The van der Waals surface area contributed by atoms with Crippen LogP contribution in [0.15, 0.2) is 0 Å². The van der Waals surface area contributed by atoms with E-state index in [4.69, 9.17) is 10.6 Å². The fraction of sp³-hybridized carbons (Fsp3) is 0.857. The van der Waals surface area contributed by atoms with Gasteiger partial charge in [-0.05, 0) is 13.3 Å². The highest BCUT2D eigenvalue weighted by atomic mass is 16.5. The molecule has 0 bridgehead atoms. The smallest absolute Gasteiger partial charge is 0.262 e. The van der Waals surface area contributed by atoms with Crippen LogP contribution in [0.4, 0.5) is 0 Å². The van der Waals surface area contributed by atoms with Crippen molar-refractivity contribution in [2.24, 2.45) is 5.84 Å². The average molecular weight is 160 g/mol. The second kappa shape index (κ2) is 6.12. The van der Waals surface area contributed by atoms with Gasteiger partial charge in [-0.25, -0.2) is 5.84 Å². The molecule has 0 fully saturated rings. The van der Waals surface area contributed by atoms with Crippen LogP contribution in [0.2, 0.25) is 0 Å².